The standard InChI is InChI=1S/C28H31F4N5O/c1-15-8-10-37(11-9-33-15)26-20-12-16(2)35-24(18-4-5-18)25(20)34-14-21(26)27(38)36-17(3)19-6-7-23(29)22(13-19)28(30,31)32/h6-7,12-15,17-18,33H,4-5,8-11H2,1-3H3,(H,36,38)/t15-,17-/m0/s1. The van der Waals surface area contributed by atoms with Gasteiger partial charge in [-0.2, -0.15) is 13.2 Å². The summed E-state index contributed by atoms with van der Waals surface area (Å²) in [6, 6.07) is 4.29. The van der Waals surface area contributed by atoms with E-state index in [0.29, 0.717) is 24.1 Å². The summed E-state index contributed by atoms with van der Waals surface area (Å²) in [6.45, 7) is 7.81. The normalized spacial score (nSPS) is 19.3. The molecule has 10 heteroatoms. The number of aryl methyl sites for hydroxylation is 1. The Morgan fingerprint density at radius 2 is 1.95 bits per heavy atom. The summed E-state index contributed by atoms with van der Waals surface area (Å²) < 4.78 is 53.6. The molecule has 3 aromatic rings. The maximum atomic E-state index is 13.8. The lowest BCUT2D eigenvalue weighted by Crippen LogP contribution is -2.33. The van der Waals surface area contributed by atoms with Crippen LogP contribution in [0.25, 0.3) is 10.9 Å². The maximum absolute atomic E-state index is 13.8. The molecule has 2 atom stereocenters. The van der Waals surface area contributed by atoms with E-state index in [2.05, 4.69) is 27.4 Å². The highest BCUT2D eigenvalue weighted by atomic mass is 19.4. The number of carbonyl (C=O) groups excluding carboxylic acids is 1. The zero-order valence-corrected chi connectivity index (χ0v) is 21.6. The van der Waals surface area contributed by atoms with Crippen LogP contribution in [0.3, 0.4) is 0 Å². The molecular formula is C28H31F4N5O. The number of alkyl halides is 3. The molecule has 0 bridgehead atoms. The lowest BCUT2D eigenvalue weighted by Gasteiger charge is -2.27. The van der Waals surface area contributed by atoms with Gasteiger partial charge in [0.2, 0.25) is 0 Å². The summed E-state index contributed by atoms with van der Waals surface area (Å²) >= 11 is 0. The van der Waals surface area contributed by atoms with Gasteiger partial charge in [-0.05, 0) is 63.8 Å². The van der Waals surface area contributed by atoms with E-state index in [-0.39, 0.29) is 5.56 Å². The van der Waals surface area contributed by atoms with E-state index in [0.717, 1.165) is 72.5 Å². The van der Waals surface area contributed by atoms with E-state index in [1.54, 1.807) is 13.1 Å². The van der Waals surface area contributed by atoms with Crippen LogP contribution in [0.2, 0.25) is 0 Å². The molecule has 2 N–H and O–H groups in total. The molecule has 3 heterocycles. The van der Waals surface area contributed by atoms with Gasteiger partial charge in [0.1, 0.15) is 5.82 Å². The molecule has 0 spiro atoms. The van der Waals surface area contributed by atoms with Crippen molar-refractivity contribution in [3.63, 3.8) is 0 Å². The number of amides is 1. The first kappa shape index (κ1) is 26.3. The van der Waals surface area contributed by atoms with Gasteiger partial charge in [0.15, 0.2) is 0 Å². The van der Waals surface area contributed by atoms with Crippen molar-refractivity contribution in [1.82, 2.24) is 20.6 Å². The number of fused-ring (bicyclic) bond motifs is 1. The lowest BCUT2D eigenvalue weighted by atomic mass is 10.0. The second-order valence-electron chi connectivity index (χ2n) is 10.4. The van der Waals surface area contributed by atoms with E-state index in [9.17, 15) is 22.4 Å². The monoisotopic (exact) mass is 529 g/mol. The molecule has 6 nitrogen and oxygen atoms in total. The molecule has 2 fully saturated rings. The van der Waals surface area contributed by atoms with Crippen LogP contribution in [-0.2, 0) is 6.18 Å². The summed E-state index contributed by atoms with van der Waals surface area (Å²) in [5.74, 6) is -1.43. The van der Waals surface area contributed by atoms with Crippen LogP contribution in [0.4, 0.5) is 23.2 Å². The first-order chi connectivity index (χ1) is 18.0. The number of nitrogens with zero attached hydrogens (tertiary/aromatic N) is 3. The molecule has 2 aliphatic rings. The van der Waals surface area contributed by atoms with Gasteiger partial charge >= 0.3 is 6.18 Å². The van der Waals surface area contributed by atoms with Crippen LogP contribution >= 0.6 is 0 Å². The Balaban J connectivity index is 1.55. The Morgan fingerprint density at radius 3 is 2.66 bits per heavy atom. The molecule has 0 unspecified atom stereocenters. The molecule has 38 heavy (non-hydrogen) atoms. The third-order valence-electron chi connectivity index (χ3n) is 7.36. The number of pyridine rings is 2. The van der Waals surface area contributed by atoms with Crippen LogP contribution in [0.5, 0.6) is 0 Å². The first-order valence-corrected chi connectivity index (χ1v) is 13.0. The summed E-state index contributed by atoms with van der Waals surface area (Å²) in [5.41, 5.74) is 2.51. The number of nitrogens with one attached hydrogen (secondary N) is 2. The number of rotatable bonds is 5. The van der Waals surface area contributed by atoms with Crippen molar-refractivity contribution in [3.8, 4) is 0 Å². The van der Waals surface area contributed by atoms with Gasteiger partial charge in [-0.1, -0.05) is 6.07 Å². The second-order valence-corrected chi connectivity index (χ2v) is 10.4. The first-order valence-electron chi connectivity index (χ1n) is 13.0. The largest absolute Gasteiger partial charge is 0.419 e. The molecule has 2 aromatic heterocycles. The Hall–Kier alpha value is -3.27. The van der Waals surface area contributed by atoms with Gasteiger partial charge in [-0.25, -0.2) is 4.39 Å². The summed E-state index contributed by atoms with van der Waals surface area (Å²) in [7, 11) is 0. The number of hydrogen-bond acceptors (Lipinski definition) is 5. The third kappa shape index (κ3) is 5.32. The Kier molecular flexibility index (Phi) is 7.02. The van der Waals surface area contributed by atoms with Gasteiger partial charge in [0.05, 0.1) is 34.1 Å². The third-order valence-corrected chi connectivity index (χ3v) is 7.36. The Bertz CT molecular complexity index is 1370. The van der Waals surface area contributed by atoms with E-state index < -0.39 is 29.5 Å². The molecule has 1 aromatic carbocycles. The fourth-order valence-corrected chi connectivity index (χ4v) is 5.11. The van der Waals surface area contributed by atoms with Crippen molar-refractivity contribution in [2.24, 2.45) is 0 Å². The fraction of sp³-hybridized carbons (Fsp3) is 0.464. The van der Waals surface area contributed by atoms with Crippen LogP contribution in [0.1, 0.15) is 77.9 Å². The molecule has 1 amide bonds. The minimum Gasteiger partial charge on any atom is -0.369 e. The highest BCUT2D eigenvalue weighted by molar-refractivity contribution is 6.08. The minimum atomic E-state index is -4.83. The van der Waals surface area contributed by atoms with Crippen molar-refractivity contribution in [2.75, 3.05) is 24.5 Å². The summed E-state index contributed by atoms with van der Waals surface area (Å²) in [6.07, 6.45) is -0.273. The number of benzene rings is 1. The zero-order valence-electron chi connectivity index (χ0n) is 21.6. The number of aromatic nitrogens is 2. The summed E-state index contributed by atoms with van der Waals surface area (Å²) in [5, 5.41) is 7.15. The van der Waals surface area contributed by atoms with Crippen molar-refractivity contribution in [2.45, 2.75) is 64.2 Å². The van der Waals surface area contributed by atoms with E-state index in [1.165, 1.54) is 6.07 Å². The van der Waals surface area contributed by atoms with Gasteiger partial charge < -0.3 is 15.5 Å². The molecule has 1 saturated heterocycles. The Labute approximate surface area is 218 Å². The van der Waals surface area contributed by atoms with Gasteiger partial charge in [-0.3, -0.25) is 14.8 Å². The molecule has 1 aliphatic carbocycles. The van der Waals surface area contributed by atoms with Gasteiger partial charge in [0.25, 0.3) is 5.91 Å². The average molecular weight is 530 g/mol. The number of carbonyl (C=O) groups is 1. The van der Waals surface area contributed by atoms with Gasteiger partial charge in [-0.15, -0.1) is 0 Å². The number of anilines is 1. The van der Waals surface area contributed by atoms with Crippen LogP contribution in [-0.4, -0.2) is 41.6 Å². The second kappa shape index (κ2) is 10.1. The van der Waals surface area contributed by atoms with Crippen molar-refractivity contribution >= 4 is 22.5 Å². The van der Waals surface area contributed by atoms with E-state index >= 15 is 0 Å². The maximum Gasteiger partial charge on any atom is 0.419 e. The van der Waals surface area contributed by atoms with E-state index in [4.69, 9.17) is 4.98 Å². The lowest BCUT2D eigenvalue weighted by molar-refractivity contribution is -0.140. The van der Waals surface area contributed by atoms with Crippen molar-refractivity contribution in [3.05, 3.63) is 64.4 Å². The molecule has 1 saturated carbocycles. The zero-order chi connectivity index (χ0) is 27.2. The SMILES string of the molecule is Cc1cc2c(N3CCN[C@@H](C)CC3)c(C(=O)N[C@@H](C)c3ccc(F)c(C(F)(F)F)c3)cnc2c(C2CC2)n1. The molecule has 202 valence electrons. The van der Waals surface area contributed by atoms with Crippen LogP contribution in [0.15, 0.2) is 30.5 Å². The van der Waals surface area contributed by atoms with Crippen molar-refractivity contribution < 1.29 is 22.4 Å². The van der Waals surface area contributed by atoms with Crippen molar-refractivity contribution in [1.29, 1.82) is 0 Å². The molecular weight excluding hydrogens is 498 g/mol. The topological polar surface area (TPSA) is 70.2 Å². The summed E-state index contributed by atoms with van der Waals surface area (Å²) in [4.78, 5) is 25.3. The number of halogens is 4. The van der Waals surface area contributed by atoms with Crippen LogP contribution in [0, 0.1) is 12.7 Å². The fourth-order valence-electron chi connectivity index (χ4n) is 5.11. The predicted octanol–water partition coefficient (Wildman–Crippen LogP) is 5.65. The van der Waals surface area contributed by atoms with E-state index in [1.807, 2.05) is 13.0 Å². The highest BCUT2D eigenvalue weighted by Crippen LogP contribution is 2.43. The van der Waals surface area contributed by atoms with Gasteiger partial charge in [0, 0.05) is 48.9 Å². The smallest absolute Gasteiger partial charge is 0.369 e. The number of hydrogen-bond donors (Lipinski definition) is 2. The molecule has 1 aliphatic heterocycles. The highest BCUT2D eigenvalue weighted by Gasteiger charge is 2.35. The van der Waals surface area contributed by atoms with Crippen LogP contribution < -0.4 is 15.5 Å². The molecule has 0 radical (unpaired) electrons. The predicted molar refractivity (Wildman–Crippen MR) is 138 cm³/mol. The molecule has 5 rings (SSSR count). The average Bonchev–Trinajstić information content (AvgIpc) is 3.71. The Morgan fingerprint density at radius 1 is 1.18 bits per heavy atom. The minimum absolute atomic E-state index is 0.159. The quantitative estimate of drug-likeness (QED) is 0.418.